The lowest BCUT2D eigenvalue weighted by molar-refractivity contribution is 0.0798. The summed E-state index contributed by atoms with van der Waals surface area (Å²) in [7, 11) is 0. The van der Waals surface area contributed by atoms with E-state index < -0.39 is 0 Å². The highest BCUT2D eigenvalue weighted by molar-refractivity contribution is 7.13. The van der Waals surface area contributed by atoms with Crippen LogP contribution in [0.25, 0.3) is 0 Å². The second-order valence-corrected chi connectivity index (χ2v) is 5.75. The van der Waals surface area contributed by atoms with Crippen molar-refractivity contribution >= 4 is 17.2 Å². The molecule has 0 unspecified atom stereocenters. The number of hydrogen-bond donors (Lipinski definition) is 0. The van der Waals surface area contributed by atoms with Crippen LogP contribution in [0.1, 0.15) is 25.9 Å². The van der Waals surface area contributed by atoms with Crippen LogP contribution in [0.2, 0.25) is 0 Å². The largest absolute Gasteiger partial charge is 0.311 e. The van der Waals surface area contributed by atoms with Gasteiger partial charge in [-0.1, -0.05) is 30.3 Å². The summed E-state index contributed by atoms with van der Waals surface area (Å²) in [5, 5.41) is 18.4. The van der Waals surface area contributed by atoms with Gasteiger partial charge < -0.3 is 4.90 Å². The van der Waals surface area contributed by atoms with Crippen molar-refractivity contribution in [1.29, 1.82) is 10.5 Å². The number of carbonyl (C=O) groups excluding carboxylic acids is 1. The highest BCUT2D eigenvalue weighted by atomic mass is 32.1. The molecule has 0 fully saturated rings. The molecule has 1 amide bonds. The van der Waals surface area contributed by atoms with Crippen LogP contribution in [0.5, 0.6) is 0 Å². The number of nitriles is 2. The van der Waals surface area contributed by atoms with E-state index >= 15 is 0 Å². The summed E-state index contributed by atoms with van der Waals surface area (Å²) >= 11 is 1.32. The van der Waals surface area contributed by atoms with Crippen molar-refractivity contribution in [3.8, 4) is 12.1 Å². The predicted molar refractivity (Wildman–Crippen MR) is 83.2 cm³/mol. The quantitative estimate of drug-likeness (QED) is 0.795. The molecule has 0 aliphatic rings. The summed E-state index contributed by atoms with van der Waals surface area (Å²) in [6.07, 6.45) is 0.663. The van der Waals surface area contributed by atoms with Gasteiger partial charge in [0.1, 0.15) is 18.0 Å². The molecular weight excluding hydrogens is 296 g/mol. The molecule has 5 nitrogen and oxygen atoms in total. The summed E-state index contributed by atoms with van der Waals surface area (Å²) in [5.74, 6) is -0.308. The molecule has 1 aromatic carbocycles. The molecule has 0 saturated heterocycles. The number of benzene rings is 1. The summed E-state index contributed by atoms with van der Waals surface area (Å²) < 4.78 is 0. The maximum absolute atomic E-state index is 12.4. The third kappa shape index (κ3) is 3.69. The first-order valence-electron chi connectivity index (χ1n) is 6.69. The van der Waals surface area contributed by atoms with Gasteiger partial charge in [-0.25, -0.2) is 4.98 Å². The second-order valence-electron chi connectivity index (χ2n) is 4.66. The average molecular weight is 310 g/mol. The molecule has 110 valence electrons. The number of rotatable bonds is 5. The standard InChI is InChI=1S/C16H14N4OS/c1-12-15(16(21)20(9-7-17)10-8-18)22-14(19-12)11-13-5-3-2-4-6-13/h2-6H,9-11H2,1H3. The fourth-order valence-electron chi connectivity index (χ4n) is 2.01. The van der Waals surface area contributed by atoms with Gasteiger partial charge in [0.25, 0.3) is 5.91 Å². The van der Waals surface area contributed by atoms with Gasteiger partial charge in [0.15, 0.2) is 0 Å². The molecule has 0 bridgehead atoms. The first kappa shape index (κ1) is 15.7. The topological polar surface area (TPSA) is 80.8 Å². The van der Waals surface area contributed by atoms with Crippen LogP contribution in [0.15, 0.2) is 30.3 Å². The van der Waals surface area contributed by atoms with Crippen molar-refractivity contribution in [3.05, 3.63) is 51.5 Å². The van der Waals surface area contributed by atoms with E-state index in [1.807, 2.05) is 42.5 Å². The van der Waals surface area contributed by atoms with Crippen LogP contribution in [0.3, 0.4) is 0 Å². The molecule has 1 heterocycles. The zero-order valence-corrected chi connectivity index (χ0v) is 12.9. The fourth-order valence-corrected chi connectivity index (χ4v) is 3.08. The monoisotopic (exact) mass is 310 g/mol. The summed E-state index contributed by atoms with van der Waals surface area (Å²) in [4.78, 5) is 18.6. The SMILES string of the molecule is Cc1nc(Cc2ccccc2)sc1C(=O)N(CC#N)CC#N. The number of nitrogens with zero attached hydrogens (tertiary/aromatic N) is 4. The van der Waals surface area contributed by atoms with Crippen LogP contribution in [-0.2, 0) is 6.42 Å². The van der Waals surface area contributed by atoms with Crippen molar-refractivity contribution < 1.29 is 4.79 Å². The molecule has 2 rings (SSSR count). The molecule has 0 aliphatic carbocycles. The van der Waals surface area contributed by atoms with Crippen molar-refractivity contribution in [2.24, 2.45) is 0 Å². The Bertz CT molecular complexity index is 724. The molecule has 0 saturated carbocycles. The molecule has 0 atom stereocenters. The molecular formula is C16H14N4OS. The second kappa shape index (κ2) is 7.35. The summed E-state index contributed by atoms with van der Waals surface area (Å²) in [6.45, 7) is 1.57. The van der Waals surface area contributed by atoms with E-state index in [0.29, 0.717) is 17.0 Å². The van der Waals surface area contributed by atoms with E-state index in [4.69, 9.17) is 10.5 Å². The number of thiazole rings is 1. The van der Waals surface area contributed by atoms with Crippen LogP contribution in [0, 0.1) is 29.6 Å². The molecule has 2 aromatic rings. The first-order chi connectivity index (χ1) is 10.7. The molecule has 22 heavy (non-hydrogen) atoms. The third-order valence-electron chi connectivity index (χ3n) is 3.04. The number of amides is 1. The van der Waals surface area contributed by atoms with Gasteiger partial charge in [0.05, 0.1) is 22.8 Å². The van der Waals surface area contributed by atoms with Crippen LogP contribution in [-0.4, -0.2) is 28.9 Å². The van der Waals surface area contributed by atoms with Crippen LogP contribution < -0.4 is 0 Å². The zero-order valence-electron chi connectivity index (χ0n) is 12.1. The van der Waals surface area contributed by atoms with Crippen molar-refractivity contribution in [3.63, 3.8) is 0 Å². The Balaban J connectivity index is 2.20. The van der Waals surface area contributed by atoms with E-state index in [-0.39, 0.29) is 19.0 Å². The summed E-state index contributed by atoms with van der Waals surface area (Å²) in [6, 6.07) is 13.7. The maximum atomic E-state index is 12.4. The van der Waals surface area contributed by atoms with Crippen LogP contribution in [0.4, 0.5) is 0 Å². The highest BCUT2D eigenvalue weighted by Gasteiger charge is 2.21. The Morgan fingerprint density at radius 2 is 1.86 bits per heavy atom. The van der Waals surface area contributed by atoms with Gasteiger partial charge in [-0.3, -0.25) is 4.79 Å². The van der Waals surface area contributed by atoms with Gasteiger partial charge in [-0.2, -0.15) is 10.5 Å². The minimum Gasteiger partial charge on any atom is -0.311 e. The third-order valence-corrected chi connectivity index (χ3v) is 4.19. The van der Waals surface area contributed by atoms with Gasteiger partial charge >= 0.3 is 0 Å². The molecule has 0 spiro atoms. The maximum Gasteiger partial charge on any atom is 0.267 e. The molecule has 0 N–H and O–H groups in total. The highest BCUT2D eigenvalue weighted by Crippen LogP contribution is 2.22. The Morgan fingerprint density at radius 3 is 2.45 bits per heavy atom. The smallest absolute Gasteiger partial charge is 0.267 e. The Kier molecular flexibility index (Phi) is 5.24. The lowest BCUT2D eigenvalue weighted by atomic mass is 10.2. The van der Waals surface area contributed by atoms with Gasteiger partial charge in [0, 0.05) is 6.42 Å². The minimum absolute atomic E-state index is 0.0995. The van der Waals surface area contributed by atoms with Crippen LogP contribution >= 0.6 is 11.3 Å². The molecule has 0 aliphatic heterocycles. The minimum atomic E-state index is -0.308. The normalized spacial score (nSPS) is 9.77. The van der Waals surface area contributed by atoms with E-state index in [0.717, 1.165) is 10.6 Å². The lowest BCUT2D eigenvalue weighted by Crippen LogP contribution is -2.31. The van der Waals surface area contributed by atoms with Crippen molar-refractivity contribution in [2.75, 3.05) is 13.1 Å². The number of hydrogen-bond acceptors (Lipinski definition) is 5. The fraction of sp³-hybridized carbons (Fsp3) is 0.250. The Labute approximate surface area is 133 Å². The molecule has 6 heteroatoms. The van der Waals surface area contributed by atoms with Crippen molar-refractivity contribution in [2.45, 2.75) is 13.3 Å². The summed E-state index contributed by atoms with van der Waals surface area (Å²) in [5.41, 5.74) is 1.77. The number of aryl methyl sites for hydroxylation is 1. The number of aromatic nitrogens is 1. The Morgan fingerprint density at radius 1 is 1.23 bits per heavy atom. The van der Waals surface area contributed by atoms with E-state index in [1.54, 1.807) is 6.92 Å². The predicted octanol–water partition coefficient (Wildman–Crippen LogP) is 2.53. The van der Waals surface area contributed by atoms with Gasteiger partial charge in [0.2, 0.25) is 0 Å². The Hall–Kier alpha value is -2.70. The zero-order chi connectivity index (χ0) is 15.9. The lowest BCUT2D eigenvalue weighted by Gasteiger charge is -2.14. The number of carbonyl (C=O) groups is 1. The van der Waals surface area contributed by atoms with E-state index in [9.17, 15) is 4.79 Å². The van der Waals surface area contributed by atoms with Crippen molar-refractivity contribution in [1.82, 2.24) is 9.88 Å². The molecule has 1 aromatic heterocycles. The average Bonchev–Trinajstić information content (AvgIpc) is 2.88. The van der Waals surface area contributed by atoms with Gasteiger partial charge in [-0.05, 0) is 12.5 Å². The van der Waals surface area contributed by atoms with E-state index in [1.165, 1.54) is 16.2 Å². The van der Waals surface area contributed by atoms with Gasteiger partial charge in [-0.15, -0.1) is 11.3 Å². The molecule has 0 radical (unpaired) electrons. The van der Waals surface area contributed by atoms with E-state index in [2.05, 4.69) is 4.98 Å². The first-order valence-corrected chi connectivity index (χ1v) is 7.50.